The molecule has 2 heterocycles. The topological polar surface area (TPSA) is 68.3 Å². The van der Waals surface area contributed by atoms with Gasteiger partial charge in [0.15, 0.2) is 0 Å². The zero-order valence-corrected chi connectivity index (χ0v) is 12.3. The van der Waals surface area contributed by atoms with Gasteiger partial charge in [-0.05, 0) is 31.4 Å². The first-order valence-electron chi connectivity index (χ1n) is 6.22. The molecule has 4 nitrogen and oxygen atoms in total. The van der Waals surface area contributed by atoms with Gasteiger partial charge in [-0.15, -0.1) is 11.3 Å². The number of nitrogens with two attached hydrogens (primary N) is 1. The number of carbonyl (C=O) groups is 1. The van der Waals surface area contributed by atoms with Gasteiger partial charge in [0.1, 0.15) is 11.5 Å². The molecule has 0 aliphatic carbocycles. The monoisotopic (exact) mass is 288 g/mol. The molecule has 2 rings (SSSR count). The minimum Gasteiger partial charge on any atom is -0.466 e. The van der Waals surface area contributed by atoms with E-state index in [1.807, 2.05) is 18.4 Å². The van der Waals surface area contributed by atoms with Crippen molar-refractivity contribution in [3.8, 4) is 11.8 Å². The largest absolute Gasteiger partial charge is 0.466 e. The van der Waals surface area contributed by atoms with Crippen molar-refractivity contribution in [3.63, 3.8) is 0 Å². The maximum atomic E-state index is 12.1. The number of thiophene rings is 1. The number of amides is 1. The van der Waals surface area contributed by atoms with Gasteiger partial charge >= 0.3 is 0 Å². The normalized spacial score (nSPS) is 9.95. The molecule has 3 N–H and O–H groups in total. The Bertz CT molecular complexity index is 674. The number of nitrogens with one attached hydrogen (secondary N) is 1. The van der Waals surface area contributed by atoms with E-state index in [0.717, 1.165) is 16.2 Å². The van der Waals surface area contributed by atoms with Crippen molar-refractivity contribution < 1.29 is 9.21 Å². The first-order chi connectivity index (χ1) is 9.61. The van der Waals surface area contributed by atoms with Crippen LogP contribution in [0, 0.1) is 25.7 Å². The fourth-order valence-corrected chi connectivity index (χ4v) is 2.62. The maximum absolute atomic E-state index is 12.1. The van der Waals surface area contributed by atoms with Crippen molar-refractivity contribution in [2.45, 2.75) is 20.4 Å². The molecule has 0 atom stereocenters. The van der Waals surface area contributed by atoms with Crippen molar-refractivity contribution in [2.75, 3.05) is 6.54 Å². The van der Waals surface area contributed by atoms with Crippen LogP contribution in [0.5, 0.6) is 0 Å². The Hall–Kier alpha value is -2.03. The molecular weight excluding hydrogens is 272 g/mol. The molecule has 2 aromatic heterocycles. The molecule has 0 aromatic carbocycles. The predicted octanol–water partition coefficient (Wildman–Crippen LogP) is 2.20. The summed E-state index contributed by atoms with van der Waals surface area (Å²) in [4.78, 5) is 13.1. The van der Waals surface area contributed by atoms with Gasteiger partial charge in [-0.1, -0.05) is 11.8 Å². The van der Waals surface area contributed by atoms with Crippen LogP contribution in [0.15, 0.2) is 21.9 Å². The van der Waals surface area contributed by atoms with Gasteiger partial charge in [0.25, 0.3) is 5.91 Å². The number of hydrogen-bond acceptors (Lipinski definition) is 4. The van der Waals surface area contributed by atoms with Crippen LogP contribution in [0.4, 0.5) is 0 Å². The summed E-state index contributed by atoms with van der Waals surface area (Å²) in [6, 6.07) is 3.68. The Labute approximate surface area is 122 Å². The Kier molecular flexibility index (Phi) is 4.61. The van der Waals surface area contributed by atoms with E-state index >= 15 is 0 Å². The van der Waals surface area contributed by atoms with Gasteiger partial charge in [0, 0.05) is 10.4 Å². The zero-order chi connectivity index (χ0) is 14.5. The summed E-state index contributed by atoms with van der Waals surface area (Å²) in [7, 11) is 0. The molecule has 1 amide bonds. The number of aryl methyl sites for hydroxylation is 2. The van der Waals surface area contributed by atoms with Gasteiger partial charge in [0.05, 0.1) is 18.7 Å². The molecular formula is C15H16N2O2S. The SMILES string of the molecule is Cc1cc(C(=O)NCc2sccc2C#CCN)c(C)o1. The van der Waals surface area contributed by atoms with Crippen molar-refractivity contribution >= 4 is 17.2 Å². The van der Waals surface area contributed by atoms with Gasteiger partial charge < -0.3 is 15.5 Å². The molecule has 0 unspecified atom stereocenters. The number of carbonyl (C=O) groups excluding carboxylic acids is 1. The molecule has 0 fully saturated rings. The third-order valence-electron chi connectivity index (χ3n) is 2.77. The van der Waals surface area contributed by atoms with Gasteiger partial charge in [0.2, 0.25) is 0 Å². The Morgan fingerprint density at radius 1 is 1.50 bits per heavy atom. The van der Waals surface area contributed by atoms with Crippen LogP contribution in [0.2, 0.25) is 0 Å². The van der Waals surface area contributed by atoms with Crippen LogP contribution >= 0.6 is 11.3 Å². The average Bonchev–Trinajstić information content (AvgIpc) is 2.99. The lowest BCUT2D eigenvalue weighted by Gasteiger charge is -2.03. The Morgan fingerprint density at radius 3 is 2.95 bits per heavy atom. The van der Waals surface area contributed by atoms with Gasteiger partial charge in [-0.25, -0.2) is 0 Å². The van der Waals surface area contributed by atoms with Gasteiger partial charge in [-0.2, -0.15) is 0 Å². The first-order valence-corrected chi connectivity index (χ1v) is 7.10. The molecule has 5 heteroatoms. The van der Waals surface area contributed by atoms with Crippen LogP contribution < -0.4 is 11.1 Å². The number of rotatable bonds is 3. The summed E-state index contributed by atoms with van der Waals surface area (Å²) in [6.07, 6.45) is 0. The molecule has 0 aliphatic heterocycles. The fourth-order valence-electron chi connectivity index (χ4n) is 1.85. The lowest BCUT2D eigenvalue weighted by Crippen LogP contribution is -2.22. The van der Waals surface area contributed by atoms with Crippen molar-refractivity contribution in [2.24, 2.45) is 5.73 Å². The van der Waals surface area contributed by atoms with Crippen LogP contribution in [0.1, 0.15) is 32.3 Å². The lowest BCUT2D eigenvalue weighted by molar-refractivity contribution is 0.0950. The van der Waals surface area contributed by atoms with E-state index < -0.39 is 0 Å². The van der Waals surface area contributed by atoms with E-state index in [0.29, 0.717) is 24.4 Å². The standard InChI is InChI=1S/C15H16N2O2S/c1-10-8-13(11(2)19-10)15(18)17-9-14-12(4-3-6-16)5-7-20-14/h5,7-8H,6,9,16H2,1-2H3,(H,17,18). The maximum Gasteiger partial charge on any atom is 0.255 e. The highest BCUT2D eigenvalue weighted by molar-refractivity contribution is 7.10. The van der Waals surface area contributed by atoms with E-state index in [4.69, 9.17) is 10.2 Å². The Morgan fingerprint density at radius 2 is 2.30 bits per heavy atom. The summed E-state index contributed by atoms with van der Waals surface area (Å²) < 4.78 is 5.36. The van der Waals surface area contributed by atoms with E-state index in [1.165, 1.54) is 0 Å². The zero-order valence-electron chi connectivity index (χ0n) is 11.4. The number of furan rings is 1. The van der Waals surface area contributed by atoms with Crippen molar-refractivity contribution in [3.05, 3.63) is 45.0 Å². The van der Waals surface area contributed by atoms with Crippen LogP contribution in [0.25, 0.3) is 0 Å². The molecule has 20 heavy (non-hydrogen) atoms. The molecule has 0 bridgehead atoms. The van der Waals surface area contributed by atoms with Crippen LogP contribution in [-0.4, -0.2) is 12.5 Å². The average molecular weight is 288 g/mol. The van der Waals surface area contributed by atoms with E-state index in [-0.39, 0.29) is 5.91 Å². The highest BCUT2D eigenvalue weighted by atomic mass is 32.1. The summed E-state index contributed by atoms with van der Waals surface area (Å²) in [5, 5.41) is 4.84. The highest BCUT2D eigenvalue weighted by Crippen LogP contribution is 2.17. The fraction of sp³-hybridized carbons (Fsp3) is 0.267. The number of hydrogen-bond donors (Lipinski definition) is 2. The summed E-state index contributed by atoms with van der Waals surface area (Å²) in [5.41, 5.74) is 6.86. The molecule has 0 spiro atoms. The highest BCUT2D eigenvalue weighted by Gasteiger charge is 2.13. The molecule has 104 valence electrons. The molecule has 0 saturated heterocycles. The summed E-state index contributed by atoms with van der Waals surface area (Å²) in [6.45, 7) is 4.39. The lowest BCUT2D eigenvalue weighted by atomic mass is 10.2. The van der Waals surface area contributed by atoms with Crippen LogP contribution in [-0.2, 0) is 6.54 Å². The quantitative estimate of drug-likeness (QED) is 0.851. The summed E-state index contributed by atoms with van der Waals surface area (Å²) in [5.74, 6) is 7.05. The molecule has 0 radical (unpaired) electrons. The molecule has 0 aliphatic rings. The third-order valence-corrected chi connectivity index (χ3v) is 3.69. The third kappa shape index (κ3) is 3.29. The second-order valence-corrected chi connectivity index (χ2v) is 5.27. The van der Waals surface area contributed by atoms with Crippen molar-refractivity contribution in [1.82, 2.24) is 5.32 Å². The van der Waals surface area contributed by atoms with Crippen molar-refractivity contribution in [1.29, 1.82) is 0 Å². The second-order valence-electron chi connectivity index (χ2n) is 4.27. The van der Waals surface area contributed by atoms with E-state index in [9.17, 15) is 4.79 Å². The predicted molar refractivity (Wildman–Crippen MR) is 79.6 cm³/mol. The minimum absolute atomic E-state index is 0.134. The molecule has 2 aromatic rings. The van der Waals surface area contributed by atoms with E-state index in [2.05, 4.69) is 17.2 Å². The molecule has 0 saturated carbocycles. The van der Waals surface area contributed by atoms with Crippen LogP contribution in [0.3, 0.4) is 0 Å². The smallest absolute Gasteiger partial charge is 0.255 e. The summed E-state index contributed by atoms with van der Waals surface area (Å²) >= 11 is 1.57. The van der Waals surface area contributed by atoms with E-state index in [1.54, 1.807) is 24.3 Å². The van der Waals surface area contributed by atoms with Gasteiger partial charge in [-0.3, -0.25) is 4.79 Å². The minimum atomic E-state index is -0.134. The first kappa shape index (κ1) is 14.4. The Balaban J connectivity index is 2.04. The second kappa shape index (κ2) is 6.42.